The van der Waals surface area contributed by atoms with Crippen LogP contribution >= 0.6 is 0 Å². The van der Waals surface area contributed by atoms with Crippen LogP contribution < -0.4 is 9.47 Å². The zero-order valence-corrected chi connectivity index (χ0v) is 19.2. The lowest BCUT2D eigenvalue weighted by molar-refractivity contribution is -0.141. The van der Waals surface area contributed by atoms with E-state index >= 15 is 0 Å². The van der Waals surface area contributed by atoms with Gasteiger partial charge >= 0.3 is 0 Å². The average Bonchev–Trinajstić information content (AvgIpc) is 3.27. The fraction of sp³-hybridized carbons (Fsp3) is 0.375. The van der Waals surface area contributed by atoms with Crippen molar-refractivity contribution < 1.29 is 28.2 Å². The molecule has 0 saturated carbocycles. The van der Waals surface area contributed by atoms with Gasteiger partial charge in [-0.05, 0) is 35.4 Å². The maximum Gasteiger partial charge on any atom is 0.262 e. The van der Waals surface area contributed by atoms with Crippen LogP contribution in [0.4, 0.5) is 4.39 Å². The molecule has 1 aliphatic heterocycles. The molecule has 9 heteroatoms. The number of halogens is 1. The summed E-state index contributed by atoms with van der Waals surface area (Å²) in [5.74, 6) is 0.183. The van der Waals surface area contributed by atoms with Gasteiger partial charge in [-0.15, -0.1) is 0 Å². The Labute approximate surface area is 192 Å². The highest BCUT2D eigenvalue weighted by molar-refractivity contribution is 6.03. The van der Waals surface area contributed by atoms with Crippen LogP contribution in [-0.4, -0.2) is 68.5 Å². The number of rotatable bonds is 9. The van der Waals surface area contributed by atoms with Crippen molar-refractivity contribution in [3.05, 3.63) is 59.4 Å². The van der Waals surface area contributed by atoms with Crippen LogP contribution in [0, 0.1) is 5.82 Å². The maximum absolute atomic E-state index is 13.4. The van der Waals surface area contributed by atoms with Crippen LogP contribution in [0.3, 0.4) is 0 Å². The van der Waals surface area contributed by atoms with Gasteiger partial charge in [-0.3, -0.25) is 9.59 Å². The van der Waals surface area contributed by atoms with Gasteiger partial charge in [0.2, 0.25) is 5.91 Å². The van der Waals surface area contributed by atoms with Crippen molar-refractivity contribution in [1.82, 2.24) is 9.91 Å². The number of ether oxygens (including phenoxy) is 3. The van der Waals surface area contributed by atoms with E-state index in [0.717, 1.165) is 11.1 Å². The van der Waals surface area contributed by atoms with Crippen LogP contribution in [0.15, 0.2) is 47.6 Å². The Hall–Kier alpha value is -3.46. The number of carbonyl (C=O) groups excluding carboxylic acids is 2. The molecule has 1 aliphatic rings. The first-order valence-corrected chi connectivity index (χ1v) is 10.5. The summed E-state index contributed by atoms with van der Waals surface area (Å²) < 4.78 is 29.2. The van der Waals surface area contributed by atoms with Gasteiger partial charge < -0.3 is 19.1 Å². The summed E-state index contributed by atoms with van der Waals surface area (Å²) >= 11 is 0. The van der Waals surface area contributed by atoms with E-state index in [-0.39, 0.29) is 24.2 Å². The zero-order chi connectivity index (χ0) is 24.0. The Morgan fingerprint density at radius 1 is 1.09 bits per heavy atom. The molecule has 0 bridgehead atoms. The molecule has 0 N–H and O–H groups in total. The molecule has 176 valence electrons. The number of nitrogens with zero attached hydrogens (tertiary/aromatic N) is 3. The van der Waals surface area contributed by atoms with Gasteiger partial charge in [-0.2, -0.15) is 5.10 Å². The van der Waals surface area contributed by atoms with Crippen LogP contribution in [-0.2, 0) is 14.3 Å². The summed E-state index contributed by atoms with van der Waals surface area (Å²) in [4.78, 5) is 26.7. The highest BCUT2D eigenvalue weighted by Gasteiger charge is 2.34. The fourth-order valence-electron chi connectivity index (χ4n) is 3.66. The van der Waals surface area contributed by atoms with Gasteiger partial charge in [0.05, 0.1) is 32.6 Å². The number of amides is 2. The first kappa shape index (κ1) is 24.2. The third-order valence-electron chi connectivity index (χ3n) is 5.47. The average molecular weight is 458 g/mol. The lowest BCUT2D eigenvalue weighted by atomic mass is 9.98. The molecule has 0 radical (unpaired) electrons. The minimum Gasteiger partial charge on any atom is -0.493 e. The van der Waals surface area contributed by atoms with Crippen molar-refractivity contribution in [3.8, 4) is 11.5 Å². The quantitative estimate of drug-likeness (QED) is 0.578. The molecule has 33 heavy (non-hydrogen) atoms. The van der Waals surface area contributed by atoms with E-state index in [4.69, 9.17) is 14.2 Å². The van der Waals surface area contributed by atoms with E-state index in [1.165, 1.54) is 36.1 Å². The zero-order valence-electron chi connectivity index (χ0n) is 19.2. The highest BCUT2D eigenvalue weighted by atomic mass is 19.1. The van der Waals surface area contributed by atoms with Crippen molar-refractivity contribution in [1.29, 1.82) is 0 Å². The largest absolute Gasteiger partial charge is 0.493 e. The number of methoxy groups -OCH3 is 3. The smallest absolute Gasteiger partial charge is 0.262 e. The van der Waals surface area contributed by atoms with Crippen LogP contribution in [0.2, 0.25) is 0 Å². The summed E-state index contributed by atoms with van der Waals surface area (Å²) in [5, 5.41) is 5.96. The Kier molecular flexibility index (Phi) is 8.00. The highest BCUT2D eigenvalue weighted by Crippen LogP contribution is 2.37. The number of carbonyl (C=O) groups is 2. The Bertz CT molecular complexity index is 1030. The summed E-state index contributed by atoms with van der Waals surface area (Å²) in [5.41, 5.74) is 2.17. The van der Waals surface area contributed by atoms with E-state index in [1.54, 1.807) is 38.5 Å². The first-order chi connectivity index (χ1) is 15.9. The molecular weight excluding hydrogens is 429 g/mol. The predicted octanol–water partition coefficient (Wildman–Crippen LogP) is 3.02. The maximum atomic E-state index is 13.4. The molecule has 0 aliphatic carbocycles. The summed E-state index contributed by atoms with van der Waals surface area (Å²) in [6.07, 6.45) is 0.422. The second-order valence-electron chi connectivity index (χ2n) is 7.56. The molecule has 1 unspecified atom stereocenters. The summed E-state index contributed by atoms with van der Waals surface area (Å²) in [6.45, 7) is 1.88. The van der Waals surface area contributed by atoms with Crippen molar-refractivity contribution in [3.63, 3.8) is 0 Å². The van der Waals surface area contributed by atoms with E-state index < -0.39 is 6.04 Å². The molecule has 2 aromatic carbocycles. The van der Waals surface area contributed by atoms with Crippen LogP contribution in [0.25, 0.3) is 0 Å². The Balaban J connectivity index is 1.94. The topological polar surface area (TPSA) is 80.7 Å². The lowest BCUT2D eigenvalue weighted by Crippen LogP contribution is -2.41. The van der Waals surface area contributed by atoms with E-state index in [9.17, 15) is 14.0 Å². The molecule has 3 rings (SSSR count). The molecule has 1 heterocycles. The second kappa shape index (κ2) is 10.9. The van der Waals surface area contributed by atoms with Crippen molar-refractivity contribution in [2.24, 2.45) is 5.10 Å². The molecule has 0 aromatic heterocycles. The van der Waals surface area contributed by atoms with Crippen molar-refractivity contribution in [2.75, 3.05) is 41.0 Å². The van der Waals surface area contributed by atoms with Gasteiger partial charge in [0, 0.05) is 27.0 Å². The predicted molar refractivity (Wildman–Crippen MR) is 121 cm³/mol. The van der Waals surface area contributed by atoms with Gasteiger partial charge in [-0.25, -0.2) is 9.40 Å². The van der Waals surface area contributed by atoms with E-state index in [2.05, 4.69) is 5.10 Å². The Morgan fingerprint density at radius 2 is 1.79 bits per heavy atom. The lowest BCUT2D eigenvalue weighted by Gasteiger charge is -2.26. The number of hydrogen-bond acceptors (Lipinski definition) is 6. The molecule has 0 fully saturated rings. The van der Waals surface area contributed by atoms with E-state index in [0.29, 0.717) is 36.8 Å². The molecule has 0 spiro atoms. The number of hydrazone groups is 1. The molecule has 1 atom stereocenters. The van der Waals surface area contributed by atoms with Gasteiger partial charge in [0.15, 0.2) is 11.5 Å². The molecular formula is C24H28FN3O5. The third kappa shape index (κ3) is 5.67. The molecule has 8 nitrogen and oxygen atoms in total. The standard InChI is InChI=1S/C24H28FN3O5/c1-16(29)27(11-12-31-2)15-24(30)28-21(18-7-10-22(32-3)23(13-18)33-4)14-20(26-28)17-5-8-19(25)9-6-17/h5-10,13,21H,11-12,14-15H2,1-4H3. The normalized spacial score (nSPS) is 15.2. The van der Waals surface area contributed by atoms with Crippen LogP contribution in [0.1, 0.15) is 30.5 Å². The minimum absolute atomic E-state index is 0.136. The van der Waals surface area contributed by atoms with Crippen molar-refractivity contribution in [2.45, 2.75) is 19.4 Å². The van der Waals surface area contributed by atoms with Gasteiger partial charge in [-0.1, -0.05) is 18.2 Å². The molecule has 0 saturated heterocycles. The van der Waals surface area contributed by atoms with Crippen molar-refractivity contribution >= 4 is 17.5 Å². The summed E-state index contributed by atoms with van der Waals surface area (Å²) in [6, 6.07) is 11.0. The summed E-state index contributed by atoms with van der Waals surface area (Å²) in [7, 11) is 4.63. The first-order valence-electron chi connectivity index (χ1n) is 10.5. The SMILES string of the molecule is COCCN(CC(=O)N1N=C(c2ccc(F)cc2)CC1c1ccc(OC)c(OC)c1)C(C)=O. The number of benzene rings is 2. The van der Waals surface area contributed by atoms with Crippen LogP contribution in [0.5, 0.6) is 11.5 Å². The fourth-order valence-corrected chi connectivity index (χ4v) is 3.66. The van der Waals surface area contributed by atoms with E-state index in [1.807, 2.05) is 6.07 Å². The minimum atomic E-state index is -0.423. The molecule has 2 aromatic rings. The second-order valence-corrected chi connectivity index (χ2v) is 7.56. The third-order valence-corrected chi connectivity index (χ3v) is 5.47. The monoisotopic (exact) mass is 457 g/mol. The van der Waals surface area contributed by atoms with Gasteiger partial charge in [0.25, 0.3) is 5.91 Å². The number of hydrogen-bond donors (Lipinski definition) is 0. The van der Waals surface area contributed by atoms with Gasteiger partial charge in [0.1, 0.15) is 12.4 Å². The Morgan fingerprint density at radius 3 is 2.39 bits per heavy atom. The molecule has 2 amide bonds.